The molecule has 1 N–H and O–H groups in total. The maximum Gasteiger partial charge on any atom is 0.0713 e. The van der Waals surface area contributed by atoms with Gasteiger partial charge in [-0.15, -0.1) is 0 Å². The van der Waals surface area contributed by atoms with E-state index in [0.29, 0.717) is 5.92 Å². The van der Waals surface area contributed by atoms with Crippen LogP contribution >= 0.6 is 0 Å². The number of allylic oxidation sites excluding steroid dienone is 1. The Bertz CT molecular complexity index is 174. The van der Waals surface area contributed by atoms with E-state index in [4.69, 9.17) is 0 Å². The van der Waals surface area contributed by atoms with Gasteiger partial charge in [-0.1, -0.05) is 25.0 Å². The van der Waals surface area contributed by atoms with Crippen molar-refractivity contribution in [3.05, 3.63) is 12.2 Å². The third-order valence-electron chi connectivity index (χ3n) is 3.18. The molecular weight excluding hydrogens is 136 g/mol. The number of aliphatic hydroxyl groups is 1. The summed E-state index contributed by atoms with van der Waals surface area (Å²) in [6.45, 7) is 0. The van der Waals surface area contributed by atoms with Crippen LogP contribution in [0.25, 0.3) is 0 Å². The molecule has 2 atom stereocenters. The smallest absolute Gasteiger partial charge is 0.0713 e. The Morgan fingerprint density at radius 2 is 2.18 bits per heavy atom. The summed E-state index contributed by atoms with van der Waals surface area (Å²) >= 11 is 0. The summed E-state index contributed by atoms with van der Waals surface area (Å²) in [6, 6.07) is 0. The van der Waals surface area contributed by atoms with Gasteiger partial charge in [-0.05, 0) is 25.7 Å². The first-order valence-corrected chi connectivity index (χ1v) is 4.70. The molecule has 0 radical (unpaired) electrons. The van der Waals surface area contributed by atoms with Gasteiger partial charge >= 0.3 is 0 Å². The summed E-state index contributed by atoms with van der Waals surface area (Å²) in [7, 11) is 0. The van der Waals surface area contributed by atoms with E-state index < -0.39 is 0 Å². The highest BCUT2D eigenvalue weighted by Crippen LogP contribution is 2.40. The molecule has 0 spiro atoms. The van der Waals surface area contributed by atoms with Crippen LogP contribution in [0.15, 0.2) is 12.2 Å². The Morgan fingerprint density at radius 1 is 1.27 bits per heavy atom. The lowest BCUT2D eigenvalue weighted by Crippen LogP contribution is -2.40. The fourth-order valence-electron chi connectivity index (χ4n) is 2.43. The molecule has 1 fully saturated rings. The zero-order chi connectivity index (χ0) is 7.73. The van der Waals surface area contributed by atoms with Crippen LogP contribution in [0.3, 0.4) is 0 Å². The standard InChI is InChI=1S/C10H16O/c11-10-7-3-1-5-9(10)6-2-4-8-10/h1,5,9,11H,2-4,6-8H2/t9-,10-/m1/s1. The van der Waals surface area contributed by atoms with Gasteiger partial charge in [0.05, 0.1) is 5.60 Å². The van der Waals surface area contributed by atoms with Crippen molar-refractivity contribution in [1.82, 2.24) is 0 Å². The molecule has 2 aliphatic rings. The quantitative estimate of drug-likeness (QED) is 0.528. The van der Waals surface area contributed by atoms with E-state index in [-0.39, 0.29) is 5.60 Å². The maximum atomic E-state index is 10.1. The van der Waals surface area contributed by atoms with Crippen LogP contribution in [0.1, 0.15) is 38.5 Å². The lowest BCUT2D eigenvalue weighted by molar-refractivity contribution is -0.0403. The first-order chi connectivity index (χ1) is 5.31. The predicted octanol–water partition coefficient (Wildman–Crippen LogP) is 2.26. The van der Waals surface area contributed by atoms with E-state index in [9.17, 15) is 5.11 Å². The second-order valence-corrected chi connectivity index (χ2v) is 3.92. The van der Waals surface area contributed by atoms with E-state index in [1.165, 1.54) is 19.3 Å². The zero-order valence-electron chi connectivity index (χ0n) is 6.92. The van der Waals surface area contributed by atoms with Gasteiger partial charge in [-0.3, -0.25) is 0 Å². The summed E-state index contributed by atoms with van der Waals surface area (Å²) in [5, 5.41) is 10.1. The van der Waals surface area contributed by atoms with E-state index in [2.05, 4.69) is 12.2 Å². The van der Waals surface area contributed by atoms with Crippen molar-refractivity contribution in [2.45, 2.75) is 44.1 Å². The molecule has 0 heterocycles. The highest BCUT2D eigenvalue weighted by atomic mass is 16.3. The van der Waals surface area contributed by atoms with Crippen molar-refractivity contribution in [3.63, 3.8) is 0 Å². The zero-order valence-corrected chi connectivity index (χ0v) is 6.92. The maximum absolute atomic E-state index is 10.1. The van der Waals surface area contributed by atoms with Gasteiger partial charge in [0.25, 0.3) is 0 Å². The Kier molecular flexibility index (Phi) is 1.76. The predicted molar refractivity (Wildman–Crippen MR) is 45.3 cm³/mol. The Balaban J connectivity index is 2.16. The molecule has 0 aliphatic heterocycles. The van der Waals surface area contributed by atoms with Gasteiger partial charge in [-0.25, -0.2) is 0 Å². The third kappa shape index (κ3) is 1.22. The summed E-state index contributed by atoms with van der Waals surface area (Å²) in [4.78, 5) is 0. The number of hydrogen-bond acceptors (Lipinski definition) is 1. The van der Waals surface area contributed by atoms with E-state index in [1.54, 1.807) is 0 Å². The lowest BCUT2D eigenvalue weighted by atomic mass is 9.70. The summed E-state index contributed by atoms with van der Waals surface area (Å²) in [6.07, 6.45) is 11.3. The van der Waals surface area contributed by atoms with E-state index in [1.807, 2.05) is 0 Å². The molecule has 1 saturated carbocycles. The number of hydrogen-bond donors (Lipinski definition) is 1. The minimum atomic E-state index is -0.312. The molecule has 0 aromatic heterocycles. The van der Waals surface area contributed by atoms with Gasteiger partial charge < -0.3 is 5.11 Å². The highest BCUT2D eigenvalue weighted by Gasteiger charge is 2.37. The first-order valence-electron chi connectivity index (χ1n) is 4.70. The fourth-order valence-corrected chi connectivity index (χ4v) is 2.43. The van der Waals surface area contributed by atoms with Crippen molar-refractivity contribution < 1.29 is 5.11 Å². The summed E-state index contributed by atoms with van der Waals surface area (Å²) in [5.74, 6) is 0.477. The second kappa shape index (κ2) is 2.63. The van der Waals surface area contributed by atoms with Crippen molar-refractivity contribution >= 4 is 0 Å². The third-order valence-corrected chi connectivity index (χ3v) is 3.18. The fraction of sp³-hybridized carbons (Fsp3) is 0.800. The SMILES string of the molecule is O[C@@]12CCC=C[C@@H]1CCCC2. The highest BCUT2D eigenvalue weighted by molar-refractivity contribution is 5.06. The van der Waals surface area contributed by atoms with Crippen molar-refractivity contribution in [2.24, 2.45) is 5.92 Å². The topological polar surface area (TPSA) is 20.2 Å². The van der Waals surface area contributed by atoms with Gasteiger partial charge in [-0.2, -0.15) is 0 Å². The van der Waals surface area contributed by atoms with E-state index >= 15 is 0 Å². The average Bonchev–Trinajstić information content (AvgIpc) is 2.03. The van der Waals surface area contributed by atoms with Crippen LogP contribution in [-0.4, -0.2) is 10.7 Å². The molecule has 2 rings (SSSR count). The molecule has 0 unspecified atom stereocenters. The van der Waals surface area contributed by atoms with Crippen molar-refractivity contribution in [3.8, 4) is 0 Å². The molecule has 1 nitrogen and oxygen atoms in total. The van der Waals surface area contributed by atoms with Crippen LogP contribution in [0.5, 0.6) is 0 Å². The van der Waals surface area contributed by atoms with E-state index in [0.717, 1.165) is 19.3 Å². The van der Waals surface area contributed by atoms with Crippen LogP contribution in [0.2, 0.25) is 0 Å². The number of rotatable bonds is 0. The molecule has 0 bridgehead atoms. The molecule has 62 valence electrons. The minimum absolute atomic E-state index is 0.312. The minimum Gasteiger partial charge on any atom is -0.389 e. The molecule has 11 heavy (non-hydrogen) atoms. The molecular formula is C10H16O. The Labute approximate surface area is 68.1 Å². The largest absolute Gasteiger partial charge is 0.389 e. The molecule has 0 saturated heterocycles. The van der Waals surface area contributed by atoms with Crippen LogP contribution < -0.4 is 0 Å². The van der Waals surface area contributed by atoms with Gasteiger partial charge in [0.2, 0.25) is 0 Å². The summed E-state index contributed by atoms with van der Waals surface area (Å²) < 4.78 is 0. The molecule has 0 aromatic carbocycles. The summed E-state index contributed by atoms with van der Waals surface area (Å²) in [5.41, 5.74) is -0.312. The van der Waals surface area contributed by atoms with Crippen molar-refractivity contribution in [2.75, 3.05) is 0 Å². The molecule has 0 amide bonds. The van der Waals surface area contributed by atoms with Crippen molar-refractivity contribution in [1.29, 1.82) is 0 Å². The monoisotopic (exact) mass is 152 g/mol. The van der Waals surface area contributed by atoms with Gasteiger partial charge in [0.15, 0.2) is 0 Å². The van der Waals surface area contributed by atoms with Gasteiger partial charge in [0, 0.05) is 5.92 Å². The van der Waals surface area contributed by atoms with Crippen LogP contribution in [0.4, 0.5) is 0 Å². The first kappa shape index (κ1) is 7.35. The Hall–Kier alpha value is -0.300. The number of fused-ring (bicyclic) bond motifs is 1. The molecule has 1 heteroatoms. The Morgan fingerprint density at radius 3 is 3.00 bits per heavy atom. The lowest BCUT2D eigenvalue weighted by Gasteiger charge is -2.40. The van der Waals surface area contributed by atoms with Crippen LogP contribution in [-0.2, 0) is 0 Å². The average molecular weight is 152 g/mol. The normalized spacial score (nSPS) is 43.5. The van der Waals surface area contributed by atoms with Crippen LogP contribution in [0, 0.1) is 5.92 Å². The van der Waals surface area contributed by atoms with Gasteiger partial charge in [0.1, 0.15) is 0 Å². The molecule has 2 aliphatic carbocycles. The molecule has 0 aromatic rings. The second-order valence-electron chi connectivity index (χ2n) is 3.92.